The quantitative estimate of drug-likeness (QED) is 0.438. The molecule has 4 aromatic rings. The van der Waals surface area contributed by atoms with Crippen LogP contribution in [0.15, 0.2) is 60.1 Å². The average Bonchev–Trinajstić information content (AvgIpc) is 3.18. The molecule has 5 rings (SSSR count). The van der Waals surface area contributed by atoms with Crippen LogP contribution in [0.25, 0.3) is 32.7 Å². The molecule has 3 heteroatoms. The summed E-state index contributed by atoms with van der Waals surface area (Å²) in [6, 6.07) is 17.1. The zero-order chi connectivity index (χ0) is 14.5. The van der Waals surface area contributed by atoms with Crippen LogP contribution < -0.4 is 0 Å². The highest BCUT2D eigenvalue weighted by atomic mass is 32.1. The molecule has 104 valence electrons. The lowest BCUT2D eigenvalue weighted by Crippen LogP contribution is -1.93. The van der Waals surface area contributed by atoms with Crippen molar-refractivity contribution in [3.8, 4) is 22.5 Å². The molecule has 0 atom stereocenters. The van der Waals surface area contributed by atoms with Crippen LogP contribution in [0.4, 0.5) is 0 Å². The average molecular weight is 300 g/mol. The van der Waals surface area contributed by atoms with Gasteiger partial charge in [-0.15, -0.1) is 11.3 Å². The summed E-state index contributed by atoms with van der Waals surface area (Å²) in [5.41, 5.74) is 7.59. The number of rotatable bonds is 1. The summed E-state index contributed by atoms with van der Waals surface area (Å²) in [5.74, 6) is 0.829. The fourth-order valence-corrected chi connectivity index (χ4v) is 3.95. The van der Waals surface area contributed by atoms with Crippen molar-refractivity contribution in [1.82, 2.24) is 9.97 Å². The summed E-state index contributed by atoms with van der Waals surface area (Å²) in [5, 5.41) is 2.06. The maximum atomic E-state index is 4.75. The van der Waals surface area contributed by atoms with Gasteiger partial charge in [0.2, 0.25) is 0 Å². The van der Waals surface area contributed by atoms with E-state index < -0.39 is 0 Å². The van der Waals surface area contributed by atoms with Crippen molar-refractivity contribution in [3.63, 3.8) is 0 Å². The largest absolute Gasteiger partial charge is 0.235 e. The van der Waals surface area contributed by atoms with Gasteiger partial charge in [0.05, 0.1) is 10.2 Å². The molecule has 0 saturated heterocycles. The summed E-state index contributed by atoms with van der Waals surface area (Å²) in [6.45, 7) is 0. The van der Waals surface area contributed by atoms with Gasteiger partial charge in [-0.1, -0.05) is 42.5 Å². The lowest BCUT2D eigenvalue weighted by atomic mass is 10.0. The van der Waals surface area contributed by atoms with Crippen LogP contribution in [0, 0.1) is 0 Å². The molecule has 0 N–H and O–H groups in total. The lowest BCUT2D eigenvalue weighted by molar-refractivity contribution is 1.19. The smallest absolute Gasteiger partial charge is 0.160 e. The second-order valence-corrected chi connectivity index (χ2v) is 6.48. The fourth-order valence-electron chi connectivity index (χ4n) is 3.26. The topological polar surface area (TPSA) is 25.8 Å². The maximum Gasteiger partial charge on any atom is 0.160 e. The molecule has 0 amide bonds. The van der Waals surface area contributed by atoms with Gasteiger partial charge >= 0.3 is 0 Å². The van der Waals surface area contributed by atoms with E-state index in [1.165, 1.54) is 22.3 Å². The minimum Gasteiger partial charge on any atom is -0.235 e. The minimum absolute atomic E-state index is 0.829. The van der Waals surface area contributed by atoms with Crippen LogP contribution in [-0.2, 0) is 6.42 Å². The highest BCUT2D eigenvalue weighted by molar-refractivity contribution is 7.17. The third-order valence-electron chi connectivity index (χ3n) is 4.30. The van der Waals surface area contributed by atoms with Gasteiger partial charge in [0.1, 0.15) is 0 Å². The van der Waals surface area contributed by atoms with E-state index in [4.69, 9.17) is 4.98 Å². The van der Waals surface area contributed by atoms with Crippen molar-refractivity contribution < 1.29 is 0 Å². The zero-order valence-electron chi connectivity index (χ0n) is 11.8. The van der Waals surface area contributed by atoms with E-state index in [0.29, 0.717) is 0 Å². The molecule has 2 heterocycles. The monoisotopic (exact) mass is 300 g/mol. The number of hydrogen-bond acceptors (Lipinski definition) is 3. The van der Waals surface area contributed by atoms with Crippen molar-refractivity contribution in [1.29, 1.82) is 0 Å². The number of benzene rings is 2. The van der Waals surface area contributed by atoms with Crippen LogP contribution >= 0.6 is 11.3 Å². The molecule has 1 aliphatic carbocycles. The van der Waals surface area contributed by atoms with Gasteiger partial charge in [-0.2, -0.15) is 0 Å². The Hall–Kier alpha value is -2.52. The summed E-state index contributed by atoms with van der Waals surface area (Å²) in [7, 11) is 0. The van der Waals surface area contributed by atoms with E-state index in [2.05, 4.69) is 58.9 Å². The van der Waals surface area contributed by atoms with Crippen LogP contribution in [-0.4, -0.2) is 9.97 Å². The molecule has 2 aromatic carbocycles. The molecular formula is C19H12N2S. The van der Waals surface area contributed by atoms with Gasteiger partial charge in [-0.3, -0.25) is 0 Å². The zero-order valence-corrected chi connectivity index (χ0v) is 12.6. The van der Waals surface area contributed by atoms with E-state index >= 15 is 0 Å². The summed E-state index contributed by atoms with van der Waals surface area (Å²) in [4.78, 5) is 9.33. The van der Waals surface area contributed by atoms with Crippen LogP contribution in [0.1, 0.15) is 11.1 Å². The first-order chi connectivity index (χ1) is 10.9. The predicted octanol–water partition coefficient (Wildman–Crippen LogP) is 4.93. The Morgan fingerprint density at radius 1 is 0.864 bits per heavy atom. The molecule has 0 spiro atoms. The summed E-state index contributed by atoms with van der Waals surface area (Å²) < 4.78 is 1.14. The second-order valence-electron chi connectivity index (χ2n) is 5.53. The van der Waals surface area contributed by atoms with Crippen molar-refractivity contribution in [3.05, 3.63) is 71.2 Å². The fraction of sp³-hybridized carbons (Fsp3) is 0.0526. The highest BCUT2D eigenvalue weighted by Crippen LogP contribution is 2.40. The Morgan fingerprint density at radius 2 is 1.73 bits per heavy atom. The first-order valence-corrected chi connectivity index (χ1v) is 8.19. The van der Waals surface area contributed by atoms with E-state index in [9.17, 15) is 0 Å². The SMILES string of the molecule is c1ccc2c(c1)Cc1c(-c3ncc4sccc4n3)cccc1-2. The molecule has 0 bridgehead atoms. The Balaban J connectivity index is 1.74. The lowest BCUT2D eigenvalue weighted by Gasteiger charge is -2.07. The normalized spacial score (nSPS) is 12.4. The molecule has 0 aliphatic heterocycles. The molecule has 0 saturated carbocycles. The Kier molecular flexibility index (Phi) is 2.46. The molecule has 2 nitrogen and oxygen atoms in total. The minimum atomic E-state index is 0.829. The van der Waals surface area contributed by atoms with Crippen molar-refractivity contribution in [2.45, 2.75) is 6.42 Å². The number of hydrogen-bond donors (Lipinski definition) is 0. The van der Waals surface area contributed by atoms with Crippen molar-refractivity contribution in [2.24, 2.45) is 0 Å². The van der Waals surface area contributed by atoms with Gasteiger partial charge in [0, 0.05) is 11.8 Å². The predicted molar refractivity (Wildman–Crippen MR) is 91.1 cm³/mol. The van der Waals surface area contributed by atoms with Crippen LogP contribution in [0.3, 0.4) is 0 Å². The summed E-state index contributed by atoms with van der Waals surface area (Å²) in [6.07, 6.45) is 2.90. The molecule has 0 unspecified atom stereocenters. The van der Waals surface area contributed by atoms with Crippen LogP contribution in [0.5, 0.6) is 0 Å². The standard InChI is InChI=1S/C19H12N2S/c1-2-5-13-12(4-1)10-16-14(13)6-3-7-15(16)19-20-11-18-17(21-19)8-9-22-18/h1-9,11H,10H2. The molecule has 0 fully saturated rings. The van der Waals surface area contributed by atoms with Gasteiger partial charge < -0.3 is 0 Å². The van der Waals surface area contributed by atoms with E-state index in [-0.39, 0.29) is 0 Å². The van der Waals surface area contributed by atoms with E-state index in [1.807, 2.05) is 6.20 Å². The molecule has 1 aliphatic rings. The van der Waals surface area contributed by atoms with Gasteiger partial charge in [-0.25, -0.2) is 9.97 Å². The maximum absolute atomic E-state index is 4.75. The number of nitrogens with zero attached hydrogens (tertiary/aromatic N) is 2. The molecular weight excluding hydrogens is 288 g/mol. The van der Waals surface area contributed by atoms with Crippen LogP contribution in [0.2, 0.25) is 0 Å². The third-order valence-corrected chi connectivity index (χ3v) is 5.14. The molecule has 0 radical (unpaired) electrons. The number of aromatic nitrogens is 2. The van der Waals surface area contributed by atoms with Crippen molar-refractivity contribution >= 4 is 21.6 Å². The summed E-state index contributed by atoms with van der Waals surface area (Å²) >= 11 is 1.68. The molecule has 2 aromatic heterocycles. The highest BCUT2D eigenvalue weighted by Gasteiger charge is 2.22. The van der Waals surface area contributed by atoms with Gasteiger partial charge in [0.25, 0.3) is 0 Å². The first kappa shape index (κ1) is 12.1. The van der Waals surface area contributed by atoms with Gasteiger partial charge in [-0.05, 0) is 40.1 Å². The van der Waals surface area contributed by atoms with Gasteiger partial charge in [0.15, 0.2) is 5.82 Å². The number of fused-ring (bicyclic) bond motifs is 4. The second kappa shape index (κ2) is 4.49. The number of thiophene rings is 1. The Morgan fingerprint density at radius 3 is 2.73 bits per heavy atom. The van der Waals surface area contributed by atoms with Crippen molar-refractivity contribution in [2.75, 3.05) is 0 Å². The molecule has 22 heavy (non-hydrogen) atoms. The third kappa shape index (κ3) is 1.66. The van der Waals surface area contributed by atoms with E-state index in [1.54, 1.807) is 11.3 Å². The first-order valence-electron chi connectivity index (χ1n) is 7.31. The Bertz CT molecular complexity index is 1020. The Labute approximate surface area is 132 Å². The van der Waals surface area contributed by atoms with E-state index in [0.717, 1.165) is 28.0 Å².